The van der Waals surface area contributed by atoms with Gasteiger partial charge in [-0.1, -0.05) is 6.07 Å². The molecule has 2 heterocycles. The Kier molecular flexibility index (Phi) is 21.3. The van der Waals surface area contributed by atoms with Crippen LogP contribution in [0.25, 0.3) is 0 Å². The second-order valence-electron chi connectivity index (χ2n) is 18.1. The molecular weight excluding hydrogens is 956 g/mol. The van der Waals surface area contributed by atoms with Gasteiger partial charge in [0.2, 0.25) is 11.5 Å². The van der Waals surface area contributed by atoms with Crippen molar-refractivity contribution in [2.24, 2.45) is 0 Å². The van der Waals surface area contributed by atoms with Crippen LogP contribution in [-0.2, 0) is 40.0 Å². The lowest BCUT2D eigenvalue weighted by Gasteiger charge is -2.46. The average molecular weight is 1030 g/mol. The quantitative estimate of drug-likeness (QED) is 0.0439. The largest absolute Gasteiger partial charge is 1.00 e. The molecule has 4 aromatic rings. The predicted molar refractivity (Wildman–Crippen MR) is 262 cm³/mol. The number of hydrogen-bond donors (Lipinski definition) is 0. The number of nitrogens with zero attached hydrogens (tertiary/aromatic N) is 2. The van der Waals surface area contributed by atoms with Gasteiger partial charge in [0.15, 0.2) is 51.8 Å². The summed E-state index contributed by atoms with van der Waals surface area (Å²) >= 11 is 0. The van der Waals surface area contributed by atoms with Crippen molar-refractivity contribution in [3.8, 4) is 57.5 Å². The lowest BCUT2D eigenvalue weighted by atomic mass is 9.85. The highest BCUT2D eigenvalue weighted by atomic mass is 35.5. The Bertz CT molecular complexity index is 2460. The van der Waals surface area contributed by atoms with Gasteiger partial charge < -0.3 is 85.9 Å². The van der Waals surface area contributed by atoms with E-state index < -0.39 is 5.97 Å². The second kappa shape index (κ2) is 26.1. The first-order valence-corrected chi connectivity index (χ1v) is 23.4. The number of ketones is 1. The van der Waals surface area contributed by atoms with Crippen LogP contribution in [0, 0.1) is 0 Å². The van der Waals surface area contributed by atoms with E-state index in [4.69, 9.17) is 52.1 Å². The van der Waals surface area contributed by atoms with Gasteiger partial charge in [-0.25, -0.2) is 4.79 Å². The van der Waals surface area contributed by atoms with Gasteiger partial charge in [-0.15, -0.1) is 0 Å². The van der Waals surface area contributed by atoms with Crippen LogP contribution >= 0.6 is 0 Å². The number of carbonyl (C=O) groups is 2. The fourth-order valence-electron chi connectivity index (χ4n) is 10.4. The molecular formula is C54H72Cl2N2O13. The van der Waals surface area contributed by atoms with Gasteiger partial charge in [0, 0.05) is 56.6 Å². The van der Waals surface area contributed by atoms with Crippen molar-refractivity contribution in [2.45, 2.75) is 57.0 Å². The molecule has 6 rings (SSSR count). The van der Waals surface area contributed by atoms with Crippen LogP contribution < -0.4 is 72.2 Å². The zero-order valence-corrected chi connectivity index (χ0v) is 44.9. The minimum absolute atomic E-state index is 0. The summed E-state index contributed by atoms with van der Waals surface area (Å²) in [4.78, 5) is 26.3. The molecule has 0 saturated carbocycles. The molecule has 0 aliphatic carbocycles. The Morgan fingerprint density at radius 2 is 1.01 bits per heavy atom. The van der Waals surface area contributed by atoms with E-state index in [1.165, 1.54) is 23.3 Å². The lowest BCUT2D eigenvalue weighted by Crippen LogP contribution is -3.00. The van der Waals surface area contributed by atoms with Crippen molar-refractivity contribution < 1.29 is 95.5 Å². The van der Waals surface area contributed by atoms with Crippen molar-refractivity contribution in [3.63, 3.8) is 0 Å². The van der Waals surface area contributed by atoms with Crippen molar-refractivity contribution >= 4 is 11.8 Å². The Labute approximate surface area is 432 Å². The maximum absolute atomic E-state index is 13.3. The third-order valence-corrected chi connectivity index (χ3v) is 14.2. The number of allylic oxidation sites excluding steroid dienone is 1. The number of ether oxygens (including phenoxy) is 11. The normalized spacial score (nSPS) is 18.9. The molecule has 390 valence electrons. The van der Waals surface area contributed by atoms with E-state index in [9.17, 15) is 9.59 Å². The molecule has 17 heteroatoms. The van der Waals surface area contributed by atoms with Gasteiger partial charge >= 0.3 is 5.97 Å². The standard InChI is InChI=1S/C54H72N2O13.2ClH/c1-55(24-20-37-32-45(61-5)46(62-6)34-40(37)41(55)28-36-30-47(63-7)52(66-10)48(31-36)64-8)22-13-15-39(57)17-19-50(58)69-26-14-23-56(2)25-21-38-33-49(65-9)53(67-11)54(68-12)51(38)42(56)27-35-16-18-43(59-3)44(29-35)60-4;;/h16-19,29-34,41-42H,13-15,20-28H2,1-12H3;2*1H/q+2;;/p-2/b19-17-;;. The number of likely N-dealkylation sites (N-methyl/N-ethyl adjacent to an activating group) is 2. The molecule has 71 heavy (non-hydrogen) atoms. The first kappa shape index (κ1) is 57.8. The van der Waals surface area contributed by atoms with E-state index in [-0.39, 0.29) is 55.7 Å². The first-order valence-electron chi connectivity index (χ1n) is 23.4. The predicted octanol–water partition coefficient (Wildman–Crippen LogP) is 1.89. The molecule has 0 fully saturated rings. The summed E-state index contributed by atoms with van der Waals surface area (Å²) in [6, 6.07) is 16.2. The third-order valence-electron chi connectivity index (χ3n) is 14.2. The fourth-order valence-corrected chi connectivity index (χ4v) is 10.4. The van der Waals surface area contributed by atoms with E-state index in [1.54, 1.807) is 71.1 Å². The van der Waals surface area contributed by atoms with Gasteiger partial charge in [-0.3, -0.25) is 4.79 Å². The molecule has 0 amide bonds. The Hall–Kier alpha value is -5.74. The average Bonchev–Trinajstić information content (AvgIpc) is 3.37. The molecule has 15 nitrogen and oxygen atoms in total. The van der Waals surface area contributed by atoms with E-state index >= 15 is 0 Å². The molecule has 2 aliphatic heterocycles. The monoisotopic (exact) mass is 1030 g/mol. The summed E-state index contributed by atoms with van der Waals surface area (Å²) in [7, 11) is 20.8. The zero-order chi connectivity index (χ0) is 49.9. The number of benzene rings is 4. The maximum Gasteiger partial charge on any atom is 0.330 e. The molecule has 0 aromatic heterocycles. The van der Waals surface area contributed by atoms with Gasteiger partial charge in [-0.05, 0) is 70.8 Å². The number of methoxy groups -OCH3 is 10. The Morgan fingerprint density at radius 1 is 0.521 bits per heavy atom. The molecule has 0 spiro atoms. The van der Waals surface area contributed by atoms with E-state index in [2.05, 4.69) is 38.4 Å². The number of rotatable bonds is 24. The van der Waals surface area contributed by atoms with E-state index in [0.717, 1.165) is 54.7 Å². The van der Waals surface area contributed by atoms with E-state index in [0.29, 0.717) is 98.7 Å². The van der Waals surface area contributed by atoms with Gasteiger partial charge in [-0.2, -0.15) is 0 Å². The van der Waals surface area contributed by atoms with Crippen LogP contribution in [0.2, 0.25) is 0 Å². The molecule has 0 saturated heterocycles. The molecule has 0 bridgehead atoms. The molecule has 0 N–H and O–H groups in total. The maximum atomic E-state index is 13.3. The first-order chi connectivity index (χ1) is 33.3. The number of quaternary nitrogens is 2. The number of esters is 1. The van der Waals surface area contributed by atoms with Gasteiger partial charge in [0.05, 0.1) is 124 Å². The smallest absolute Gasteiger partial charge is 0.330 e. The number of fused-ring (bicyclic) bond motifs is 2. The van der Waals surface area contributed by atoms with Crippen molar-refractivity contribution in [1.29, 1.82) is 0 Å². The summed E-state index contributed by atoms with van der Waals surface area (Å²) in [6.07, 6.45) is 7.07. The summed E-state index contributed by atoms with van der Waals surface area (Å²) in [5.41, 5.74) is 6.66. The highest BCUT2D eigenvalue weighted by Gasteiger charge is 2.43. The summed E-state index contributed by atoms with van der Waals surface area (Å²) < 4.78 is 64.3. The number of halogens is 2. The van der Waals surface area contributed by atoms with Crippen LogP contribution in [0.5, 0.6) is 57.5 Å². The SMILES string of the molecule is COc1ccc(CC2c3c(cc(OC)c(OC)c3OC)CC[N+]2(C)CCCOC(=O)/C=C\C(=O)CCC[N+]2(C)CCc3cc(OC)c(OC)cc3C2Cc2cc(OC)c(OC)c(OC)c2)cc1OC.[Cl-].[Cl-]. The van der Waals surface area contributed by atoms with Crippen molar-refractivity contribution in [2.75, 3.05) is 118 Å². The lowest BCUT2D eigenvalue weighted by molar-refractivity contribution is -0.941. The Balaban J connectivity index is 0.00000548. The van der Waals surface area contributed by atoms with Crippen LogP contribution in [-0.4, -0.2) is 139 Å². The van der Waals surface area contributed by atoms with Crippen molar-refractivity contribution in [3.05, 3.63) is 94.1 Å². The van der Waals surface area contributed by atoms with Crippen LogP contribution in [0.15, 0.2) is 60.7 Å². The second-order valence-corrected chi connectivity index (χ2v) is 18.1. The summed E-state index contributed by atoms with van der Waals surface area (Å²) in [5.74, 6) is 5.53. The summed E-state index contributed by atoms with van der Waals surface area (Å²) in [6.45, 7) is 3.34. The highest BCUT2D eigenvalue weighted by Crippen LogP contribution is 2.51. The molecule has 0 radical (unpaired) electrons. The van der Waals surface area contributed by atoms with E-state index in [1.807, 2.05) is 24.3 Å². The van der Waals surface area contributed by atoms with Crippen LogP contribution in [0.1, 0.15) is 64.7 Å². The Morgan fingerprint density at radius 3 is 1.61 bits per heavy atom. The van der Waals surface area contributed by atoms with Crippen LogP contribution in [0.4, 0.5) is 0 Å². The van der Waals surface area contributed by atoms with Crippen LogP contribution in [0.3, 0.4) is 0 Å². The third kappa shape index (κ3) is 12.8. The van der Waals surface area contributed by atoms with Gasteiger partial charge in [0.25, 0.3) is 0 Å². The van der Waals surface area contributed by atoms with Gasteiger partial charge in [0.1, 0.15) is 12.1 Å². The topological polar surface area (TPSA) is 136 Å². The zero-order valence-electron chi connectivity index (χ0n) is 43.4. The molecule has 2 aliphatic rings. The summed E-state index contributed by atoms with van der Waals surface area (Å²) in [5, 5.41) is 0. The fraction of sp³-hybridized carbons (Fsp3) is 0.481. The number of carbonyl (C=O) groups excluding carboxylic acids is 2. The minimum atomic E-state index is -0.545. The number of hydrogen-bond acceptors (Lipinski definition) is 13. The molecule has 4 unspecified atom stereocenters. The minimum Gasteiger partial charge on any atom is -1.00 e. The highest BCUT2D eigenvalue weighted by molar-refractivity contribution is 5.95. The molecule has 4 atom stereocenters. The molecule has 4 aromatic carbocycles. The van der Waals surface area contributed by atoms with Crippen molar-refractivity contribution in [1.82, 2.24) is 0 Å².